The molecule has 0 unspecified atom stereocenters. The Morgan fingerprint density at radius 3 is 2.57 bits per heavy atom. The predicted molar refractivity (Wildman–Crippen MR) is 83.6 cm³/mol. The van der Waals surface area contributed by atoms with E-state index in [0.29, 0.717) is 30.8 Å². The number of carbonyl (C=O) groups excluding carboxylic acids is 1. The highest BCUT2D eigenvalue weighted by Crippen LogP contribution is 2.22. The van der Waals surface area contributed by atoms with Crippen LogP contribution < -0.4 is 5.14 Å². The molecule has 0 heterocycles. The average molecular weight is 379 g/mol. The summed E-state index contributed by atoms with van der Waals surface area (Å²) in [6.07, 6.45) is 0. The zero-order chi connectivity index (χ0) is 16.0. The van der Waals surface area contributed by atoms with Crippen molar-refractivity contribution >= 4 is 31.9 Å². The van der Waals surface area contributed by atoms with Crippen molar-refractivity contribution < 1.29 is 17.9 Å². The Balaban J connectivity index is 3.04. The summed E-state index contributed by atoms with van der Waals surface area (Å²) < 4.78 is 28.5. The molecule has 21 heavy (non-hydrogen) atoms. The molecule has 2 N–H and O–H groups in total. The first-order valence-corrected chi connectivity index (χ1v) is 8.84. The molecule has 0 spiro atoms. The summed E-state index contributed by atoms with van der Waals surface area (Å²) in [7, 11) is -3.85. The number of hydrogen-bond donors (Lipinski definition) is 1. The van der Waals surface area contributed by atoms with E-state index in [1.165, 1.54) is 18.2 Å². The Morgan fingerprint density at radius 2 is 2.05 bits per heavy atom. The number of hydrogen-bond acceptors (Lipinski definition) is 4. The largest absolute Gasteiger partial charge is 0.380 e. The quantitative estimate of drug-likeness (QED) is 0.729. The van der Waals surface area contributed by atoms with E-state index in [9.17, 15) is 13.2 Å². The Morgan fingerprint density at radius 1 is 1.38 bits per heavy atom. The van der Waals surface area contributed by atoms with Crippen molar-refractivity contribution in [2.24, 2.45) is 5.14 Å². The number of sulfonamides is 1. The third kappa shape index (κ3) is 5.06. The number of primary sulfonamides is 1. The summed E-state index contributed by atoms with van der Waals surface area (Å²) >= 11 is 3.26. The molecule has 1 aromatic carbocycles. The lowest BCUT2D eigenvalue weighted by Crippen LogP contribution is -2.34. The van der Waals surface area contributed by atoms with Gasteiger partial charge < -0.3 is 9.64 Å². The van der Waals surface area contributed by atoms with Gasteiger partial charge in [-0.1, -0.05) is 0 Å². The van der Waals surface area contributed by atoms with Gasteiger partial charge in [0.05, 0.1) is 17.1 Å². The lowest BCUT2D eigenvalue weighted by Gasteiger charge is -2.21. The number of nitrogens with two attached hydrogens (primary N) is 1. The zero-order valence-corrected chi connectivity index (χ0v) is 14.4. The van der Waals surface area contributed by atoms with Gasteiger partial charge in [-0.3, -0.25) is 4.79 Å². The highest BCUT2D eigenvalue weighted by Gasteiger charge is 2.19. The maximum absolute atomic E-state index is 12.5. The molecule has 0 aliphatic rings. The fourth-order valence-corrected chi connectivity index (χ4v) is 2.69. The van der Waals surface area contributed by atoms with Gasteiger partial charge in [0.15, 0.2) is 0 Å². The van der Waals surface area contributed by atoms with Crippen molar-refractivity contribution in [1.29, 1.82) is 0 Å². The van der Waals surface area contributed by atoms with Gasteiger partial charge in [0.2, 0.25) is 10.0 Å². The number of carbonyl (C=O) groups is 1. The molecule has 0 aliphatic heterocycles. The Hall–Kier alpha value is -0.960. The summed E-state index contributed by atoms with van der Waals surface area (Å²) in [6.45, 7) is 5.68. The molecule has 6 nitrogen and oxygen atoms in total. The SMILES string of the molecule is CCOCCN(CC)C(=O)c1cc(S(N)(=O)=O)ccc1Br. The molecule has 0 radical (unpaired) electrons. The van der Waals surface area contributed by atoms with E-state index < -0.39 is 10.0 Å². The molecule has 0 fully saturated rings. The standard InChI is InChI=1S/C13H19BrN2O4S/c1-3-16(7-8-20-4-2)13(17)11-9-10(21(15,18)19)5-6-12(11)14/h5-6,9H,3-4,7-8H2,1-2H3,(H2,15,18,19). The number of ether oxygens (including phenoxy) is 1. The first-order chi connectivity index (χ1) is 9.81. The van der Waals surface area contributed by atoms with Crippen LogP contribution in [-0.2, 0) is 14.8 Å². The predicted octanol–water partition coefficient (Wildman–Crippen LogP) is 1.60. The van der Waals surface area contributed by atoms with Gasteiger partial charge in [0.1, 0.15) is 0 Å². The first-order valence-electron chi connectivity index (χ1n) is 6.50. The van der Waals surface area contributed by atoms with Crippen molar-refractivity contribution in [2.75, 3.05) is 26.3 Å². The van der Waals surface area contributed by atoms with Crippen LogP contribution in [0.2, 0.25) is 0 Å². The van der Waals surface area contributed by atoms with Crippen LogP contribution >= 0.6 is 15.9 Å². The maximum atomic E-state index is 12.5. The first kappa shape index (κ1) is 18.1. The number of likely N-dealkylation sites (N-methyl/N-ethyl adjacent to an activating group) is 1. The van der Waals surface area contributed by atoms with Gasteiger partial charge in [-0.15, -0.1) is 0 Å². The minimum absolute atomic E-state index is 0.0880. The minimum Gasteiger partial charge on any atom is -0.380 e. The van der Waals surface area contributed by atoms with E-state index in [-0.39, 0.29) is 16.4 Å². The van der Waals surface area contributed by atoms with E-state index in [0.717, 1.165) is 0 Å². The molecule has 1 rings (SSSR count). The van der Waals surface area contributed by atoms with E-state index in [1.807, 2.05) is 13.8 Å². The van der Waals surface area contributed by atoms with Crippen LogP contribution in [0.1, 0.15) is 24.2 Å². The molecule has 8 heteroatoms. The van der Waals surface area contributed by atoms with E-state index in [1.54, 1.807) is 4.90 Å². The molecule has 0 saturated carbocycles. The molecule has 0 aliphatic carbocycles. The van der Waals surface area contributed by atoms with E-state index >= 15 is 0 Å². The van der Waals surface area contributed by atoms with Crippen LogP contribution in [0.5, 0.6) is 0 Å². The van der Waals surface area contributed by atoms with Crippen LogP contribution in [0.3, 0.4) is 0 Å². The van der Waals surface area contributed by atoms with Gasteiger partial charge >= 0.3 is 0 Å². The van der Waals surface area contributed by atoms with Crippen LogP contribution in [-0.4, -0.2) is 45.5 Å². The summed E-state index contributed by atoms with van der Waals surface area (Å²) in [6, 6.07) is 4.14. The minimum atomic E-state index is -3.85. The third-order valence-corrected chi connectivity index (χ3v) is 4.48. The molecule has 0 bridgehead atoms. The fourth-order valence-electron chi connectivity index (χ4n) is 1.74. The number of halogens is 1. The monoisotopic (exact) mass is 378 g/mol. The summed E-state index contributed by atoms with van der Waals surface area (Å²) in [5.41, 5.74) is 0.264. The second kappa shape index (κ2) is 7.88. The molecule has 0 atom stereocenters. The molecule has 1 aromatic rings. The second-order valence-corrected chi connectivity index (χ2v) is 6.68. The molecular weight excluding hydrogens is 360 g/mol. The van der Waals surface area contributed by atoms with Crippen molar-refractivity contribution in [1.82, 2.24) is 4.90 Å². The number of benzene rings is 1. The molecule has 118 valence electrons. The molecule has 0 aromatic heterocycles. The number of rotatable bonds is 7. The summed E-state index contributed by atoms with van der Waals surface area (Å²) in [4.78, 5) is 14.0. The average Bonchev–Trinajstić information content (AvgIpc) is 2.42. The van der Waals surface area contributed by atoms with Gasteiger partial charge in [0, 0.05) is 24.2 Å². The molecular formula is C13H19BrN2O4S. The number of amides is 1. The molecule has 1 amide bonds. The lowest BCUT2D eigenvalue weighted by molar-refractivity contribution is 0.0668. The Bertz CT molecular complexity index is 604. The number of nitrogens with zero attached hydrogens (tertiary/aromatic N) is 1. The van der Waals surface area contributed by atoms with Crippen LogP contribution in [0.4, 0.5) is 0 Å². The summed E-state index contributed by atoms with van der Waals surface area (Å²) in [5.74, 6) is -0.269. The van der Waals surface area contributed by atoms with Crippen LogP contribution in [0, 0.1) is 0 Å². The van der Waals surface area contributed by atoms with Crippen molar-refractivity contribution in [3.63, 3.8) is 0 Å². The fraction of sp³-hybridized carbons (Fsp3) is 0.462. The van der Waals surface area contributed by atoms with Gasteiger partial charge in [-0.05, 0) is 48.0 Å². The maximum Gasteiger partial charge on any atom is 0.255 e. The van der Waals surface area contributed by atoms with E-state index in [4.69, 9.17) is 9.88 Å². The van der Waals surface area contributed by atoms with Crippen molar-refractivity contribution in [3.8, 4) is 0 Å². The Labute approximate surface area is 133 Å². The second-order valence-electron chi connectivity index (χ2n) is 4.27. The Kier molecular flexibility index (Phi) is 6.79. The molecule has 0 saturated heterocycles. The smallest absolute Gasteiger partial charge is 0.255 e. The normalized spacial score (nSPS) is 11.4. The topological polar surface area (TPSA) is 89.7 Å². The van der Waals surface area contributed by atoms with Crippen LogP contribution in [0.25, 0.3) is 0 Å². The zero-order valence-electron chi connectivity index (χ0n) is 12.0. The van der Waals surface area contributed by atoms with Gasteiger partial charge in [-0.25, -0.2) is 13.6 Å². The lowest BCUT2D eigenvalue weighted by atomic mass is 10.2. The van der Waals surface area contributed by atoms with E-state index in [2.05, 4.69) is 15.9 Å². The van der Waals surface area contributed by atoms with Crippen molar-refractivity contribution in [3.05, 3.63) is 28.2 Å². The highest BCUT2D eigenvalue weighted by molar-refractivity contribution is 9.10. The van der Waals surface area contributed by atoms with Gasteiger partial charge in [0.25, 0.3) is 5.91 Å². The highest BCUT2D eigenvalue weighted by atomic mass is 79.9. The third-order valence-electron chi connectivity index (χ3n) is 2.88. The summed E-state index contributed by atoms with van der Waals surface area (Å²) in [5, 5.41) is 5.09. The van der Waals surface area contributed by atoms with Gasteiger partial charge in [-0.2, -0.15) is 0 Å². The van der Waals surface area contributed by atoms with Crippen molar-refractivity contribution in [2.45, 2.75) is 18.7 Å². The van der Waals surface area contributed by atoms with Crippen LogP contribution in [0.15, 0.2) is 27.6 Å².